The summed E-state index contributed by atoms with van der Waals surface area (Å²) < 4.78 is 218. The Morgan fingerprint density at radius 1 is 0.632 bits per heavy atom. The molecule has 2 aromatic carbocycles. The van der Waals surface area contributed by atoms with Crippen LogP contribution in [0.5, 0.6) is 5.75 Å². The molecule has 0 saturated heterocycles. The number of aryl methyl sites for hydroxylation is 1. The number of alkyl halides is 16. The summed E-state index contributed by atoms with van der Waals surface area (Å²) in [6.45, 7) is 1.62. The molecule has 3 nitrogen and oxygen atoms in total. The zero-order chi connectivity index (χ0) is 29.8. The standard InChI is InChI=1S/C19H10F16O3/c1-8-2-3-10-7-11(5-4-9(10)6-8)36-13(21,22)12(20)37-19(34,35)15(25,17(29,30)31)38-18(32,33)14(23,24)16(26,27)28/h2-7,12H,1H3. The van der Waals surface area contributed by atoms with Crippen LogP contribution in [-0.4, -0.2) is 48.8 Å². The maximum absolute atomic E-state index is 14.0. The van der Waals surface area contributed by atoms with E-state index >= 15 is 0 Å². The highest BCUT2D eigenvalue weighted by molar-refractivity contribution is 5.84. The fraction of sp³-hybridized carbons (Fsp3) is 0.474. The summed E-state index contributed by atoms with van der Waals surface area (Å²) in [6, 6.07) is 6.76. The number of rotatable bonds is 9. The van der Waals surface area contributed by atoms with Crippen LogP contribution in [0.3, 0.4) is 0 Å². The van der Waals surface area contributed by atoms with Crippen molar-refractivity contribution in [3.8, 4) is 5.75 Å². The number of benzene rings is 2. The van der Waals surface area contributed by atoms with E-state index in [9.17, 15) is 70.2 Å². The van der Waals surface area contributed by atoms with Crippen LogP contribution in [0.25, 0.3) is 10.8 Å². The van der Waals surface area contributed by atoms with Gasteiger partial charge in [0.25, 0.3) is 0 Å². The Balaban J connectivity index is 2.37. The van der Waals surface area contributed by atoms with Gasteiger partial charge in [0.05, 0.1) is 0 Å². The molecular weight excluding hydrogens is 580 g/mol. The fourth-order valence-electron chi connectivity index (χ4n) is 2.57. The number of halogens is 16. The minimum absolute atomic E-state index is 0.117. The van der Waals surface area contributed by atoms with Gasteiger partial charge in [-0.1, -0.05) is 29.8 Å². The van der Waals surface area contributed by atoms with E-state index in [0.29, 0.717) is 17.0 Å². The first-order valence-corrected chi connectivity index (χ1v) is 9.32. The van der Waals surface area contributed by atoms with E-state index in [-0.39, 0.29) is 5.39 Å². The average molecular weight is 590 g/mol. The van der Waals surface area contributed by atoms with E-state index in [1.165, 1.54) is 22.9 Å². The van der Waals surface area contributed by atoms with E-state index in [4.69, 9.17) is 0 Å². The number of fused-ring (bicyclic) bond motifs is 1. The summed E-state index contributed by atoms with van der Waals surface area (Å²) in [6.07, 6.45) is -41.3. The Morgan fingerprint density at radius 2 is 1.13 bits per heavy atom. The van der Waals surface area contributed by atoms with Crippen LogP contribution in [0.15, 0.2) is 36.4 Å². The molecule has 0 radical (unpaired) electrons. The van der Waals surface area contributed by atoms with E-state index in [2.05, 4.69) is 9.47 Å². The van der Waals surface area contributed by atoms with Gasteiger partial charge in [-0.05, 0) is 29.8 Å². The predicted molar refractivity (Wildman–Crippen MR) is 92.1 cm³/mol. The predicted octanol–water partition coefficient (Wildman–Crippen LogP) is 8.06. The quantitative estimate of drug-likeness (QED) is 0.277. The Hall–Kier alpha value is -2.70. The zero-order valence-corrected chi connectivity index (χ0v) is 17.8. The van der Waals surface area contributed by atoms with Gasteiger partial charge < -0.3 is 4.74 Å². The van der Waals surface area contributed by atoms with Gasteiger partial charge in [-0.25, -0.2) is 4.39 Å². The number of hydrogen-bond acceptors (Lipinski definition) is 3. The molecule has 2 rings (SSSR count). The summed E-state index contributed by atoms with van der Waals surface area (Å²) in [5.74, 6) is -16.5. The smallest absolute Gasteiger partial charge is 0.429 e. The lowest BCUT2D eigenvalue weighted by atomic mass is 10.1. The SMILES string of the molecule is Cc1ccc2cc(OC(F)(F)C(F)OC(F)(F)C(F)(OC(F)(F)C(F)(F)C(F)(F)F)C(F)(F)F)ccc2c1. The molecule has 2 aromatic rings. The Bertz CT molecular complexity index is 1140. The topological polar surface area (TPSA) is 27.7 Å². The molecule has 0 bridgehead atoms. The number of ether oxygens (including phenoxy) is 3. The van der Waals surface area contributed by atoms with E-state index < -0.39 is 54.6 Å². The Labute approximate surface area is 199 Å². The molecule has 0 heterocycles. The molecule has 216 valence electrons. The highest BCUT2D eigenvalue weighted by Crippen LogP contribution is 2.55. The van der Waals surface area contributed by atoms with Gasteiger partial charge in [-0.2, -0.15) is 65.9 Å². The largest absolute Gasteiger partial charge is 0.462 e. The lowest BCUT2D eigenvalue weighted by Gasteiger charge is -2.38. The number of hydrogen-bond donors (Lipinski definition) is 0. The molecule has 19 heteroatoms. The van der Waals surface area contributed by atoms with Crippen molar-refractivity contribution < 1.29 is 84.5 Å². The lowest BCUT2D eigenvalue weighted by molar-refractivity contribution is -0.543. The first-order chi connectivity index (χ1) is 16.8. The Morgan fingerprint density at radius 3 is 1.63 bits per heavy atom. The van der Waals surface area contributed by atoms with E-state index in [0.717, 1.165) is 12.1 Å². The van der Waals surface area contributed by atoms with Crippen LogP contribution in [0.2, 0.25) is 0 Å². The van der Waals surface area contributed by atoms with Crippen LogP contribution in [0.4, 0.5) is 70.2 Å². The van der Waals surface area contributed by atoms with Gasteiger partial charge in [-0.15, -0.1) is 0 Å². The van der Waals surface area contributed by atoms with Crippen molar-refractivity contribution in [2.24, 2.45) is 0 Å². The molecule has 0 aliphatic carbocycles. The van der Waals surface area contributed by atoms with Crippen molar-refractivity contribution in [2.45, 2.75) is 55.7 Å². The fourth-order valence-corrected chi connectivity index (χ4v) is 2.57. The normalized spacial score (nSPS) is 16.9. The van der Waals surface area contributed by atoms with Crippen LogP contribution in [-0.2, 0) is 9.47 Å². The second kappa shape index (κ2) is 9.49. The van der Waals surface area contributed by atoms with Gasteiger partial charge in [0.2, 0.25) is 0 Å². The third-order valence-corrected chi connectivity index (χ3v) is 4.47. The molecule has 0 spiro atoms. The molecule has 0 aliphatic rings. The monoisotopic (exact) mass is 590 g/mol. The van der Waals surface area contributed by atoms with Gasteiger partial charge in [0.15, 0.2) is 0 Å². The summed E-state index contributed by atoms with van der Waals surface area (Å²) in [4.78, 5) is 0. The molecule has 0 N–H and O–H groups in total. The first-order valence-electron chi connectivity index (χ1n) is 9.32. The molecule has 38 heavy (non-hydrogen) atoms. The van der Waals surface area contributed by atoms with Gasteiger partial charge in [-0.3, -0.25) is 9.47 Å². The van der Waals surface area contributed by atoms with Crippen molar-refractivity contribution in [3.05, 3.63) is 42.0 Å². The minimum atomic E-state index is -7.75. The first kappa shape index (κ1) is 31.5. The third kappa shape index (κ3) is 5.81. The maximum Gasteiger partial charge on any atom is 0.462 e. The molecule has 0 aromatic heterocycles. The summed E-state index contributed by atoms with van der Waals surface area (Å²) in [7, 11) is 0. The molecular formula is C19H10F16O3. The van der Waals surface area contributed by atoms with Crippen molar-refractivity contribution >= 4 is 10.8 Å². The van der Waals surface area contributed by atoms with Gasteiger partial charge in [0, 0.05) is 0 Å². The van der Waals surface area contributed by atoms with Crippen LogP contribution in [0.1, 0.15) is 5.56 Å². The minimum Gasteiger partial charge on any atom is -0.429 e. The van der Waals surface area contributed by atoms with Gasteiger partial charge >= 0.3 is 48.8 Å². The van der Waals surface area contributed by atoms with Crippen LogP contribution in [0, 0.1) is 6.92 Å². The van der Waals surface area contributed by atoms with Crippen molar-refractivity contribution in [1.29, 1.82) is 0 Å². The van der Waals surface area contributed by atoms with E-state index in [1.54, 1.807) is 6.92 Å². The second-order valence-corrected chi connectivity index (χ2v) is 7.41. The third-order valence-electron chi connectivity index (χ3n) is 4.47. The average Bonchev–Trinajstić information content (AvgIpc) is 2.71. The molecule has 2 unspecified atom stereocenters. The lowest BCUT2D eigenvalue weighted by Crippen LogP contribution is -2.66. The molecule has 2 atom stereocenters. The highest BCUT2D eigenvalue weighted by atomic mass is 19.4. The Kier molecular flexibility index (Phi) is 7.87. The van der Waals surface area contributed by atoms with Gasteiger partial charge in [0.1, 0.15) is 5.75 Å². The van der Waals surface area contributed by atoms with Crippen LogP contribution >= 0.6 is 0 Å². The summed E-state index contributed by atoms with van der Waals surface area (Å²) in [5.41, 5.74) is 0.677. The summed E-state index contributed by atoms with van der Waals surface area (Å²) in [5, 5.41) is 0.494. The van der Waals surface area contributed by atoms with E-state index in [1.807, 2.05) is 0 Å². The van der Waals surface area contributed by atoms with Crippen molar-refractivity contribution in [3.63, 3.8) is 0 Å². The maximum atomic E-state index is 14.0. The summed E-state index contributed by atoms with van der Waals surface area (Å²) >= 11 is 0. The molecule has 0 aliphatic heterocycles. The zero-order valence-electron chi connectivity index (χ0n) is 17.8. The van der Waals surface area contributed by atoms with Crippen LogP contribution < -0.4 is 4.74 Å². The molecule has 0 fully saturated rings. The molecule has 0 amide bonds. The van der Waals surface area contributed by atoms with Crippen molar-refractivity contribution in [1.82, 2.24) is 0 Å². The highest BCUT2D eigenvalue weighted by Gasteiger charge is 2.84. The molecule has 0 saturated carbocycles. The van der Waals surface area contributed by atoms with Crippen molar-refractivity contribution in [2.75, 3.05) is 0 Å². The second-order valence-electron chi connectivity index (χ2n) is 7.41.